The molecule has 12 heteroatoms. The second-order valence-corrected chi connectivity index (χ2v) is 17.4. The number of esters is 3. The fraction of sp³-hybridized carbons (Fsp3) is 0.709. The Morgan fingerprint density at radius 1 is 0.507 bits per heavy atom. The third-order valence-corrected chi connectivity index (χ3v) is 11.3. The van der Waals surface area contributed by atoms with E-state index in [-0.39, 0.29) is 25.9 Å². The molecule has 1 rings (SSSR count). The summed E-state index contributed by atoms with van der Waals surface area (Å²) in [4.78, 5) is 50.7. The van der Waals surface area contributed by atoms with Crippen molar-refractivity contribution in [2.75, 3.05) is 13.2 Å². The maximum absolute atomic E-state index is 13.0. The summed E-state index contributed by atoms with van der Waals surface area (Å²) in [5, 5.41) is 31.3. The lowest BCUT2D eigenvalue weighted by atomic mass is 9.98. The Labute approximate surface area is 404 Å². The molecule has 1 saturated heterocycles. The van der Waals surface area contributed by atoms with Crippen molar-refractivity contribution in [2.45, 2.75) is 237 Å². The van der Waals surface area contributed by atoms with E-state index in [2.05, 4.69) is 81.5 Å². The summed E-state index contributed by atoms with van der Waals surface area (Å²) in [5.74, 6) is -3.26. The van der Waals surface area contributed by atoms with Crippen molar-refractivity contribution in [1.29, 1.82) is 0 Å². The SMILES string of the molecule is CC/C=C\C/C=C\C/C=C\C/C=C\CCC(=O)OCC(COC1OC(C(=O)O)C(O)C(O)C1OC(=O)CCCCCCC/C=C\CCCCCC)OC(=O)CCCCCCC/C=C\CCCC. The molecule has 12 nitrogen and oxygen atoms in total. The molecule has 0 bridgehead atoms. The van der Waals surface area contributed by atoms with Gasteiger partial charge in [-0.05, 0) is 89.9 Å². The summed E-state index contributed by atoms with van der Waals surface area (Å²) in [6.45, 7) is 5.70. The van der Waals surface area contributed by atoms with Crippen LogP contribution in [-0.2, 0) is 42.9 Å². The van der Waals surface area contributed by atoms with Gasteiger partial charge in [-0.1, -0.05) is 164 Å². The Balaban J connectivity index is 2.79. The lowest BCUT2D eigenvalue weighted by molar-refractivity contribution is -0.301. The molecule has 0 aromatic carbocycles. The van der Waals surface area contributed by atoms with Gasteiger partial charge in [0.1, 0.15) is 18.8 Å². The molecule has 1 aliphatic heterocycles. The number of carbonyl (C=O) groups is 4. The number of carboxylic acids is 1. The predicted octanol–water partition coefficient (Wildman–Crippen LogP) is 12.2. The Hall–Kier alpha value is -3.84. The lowest BCUT2D eigenvalue weighted by Crippen LogP contribution is -2.61. The highest BCUT2D eigenvalue weighted by Crippen LogP contribution is 2.26. The van der Waals surface area contributed by atoms with Crippen LogP contribution in [0.15, 0.2) is 72.9 Å². The van der Waals surface area contributed by atoms with Gasteiger partial charge in [0.15, 0.2) is 24.6 Å². The third-order valence-electron chi connectivity index (χ3n) is 11.3. The van der Waals surface area contributed by atoms with Crippen LogP contribution in [-0.4, -0.2) is 89.2 Å². The van der Waals surface area contributed by atoms with Crippen LogP contribution >= 0.6 is 0 Å². The van der Waals surface area contributed by atoms with Crippen LogP contribution in [0, 0.1) is 0 Å². The second-order valence-electron chi connectivity index (χ2n) is 17.4. The minimum atomic E-state index is -1.91. The molecule has 1 aliphatic rings. The smallest absolute Gasteiger partial charge is 0.335 e. The maximum Gasteiger partial charge on any atom is 0.335 e. The van der Waals surface area contributed by atoms with Crippen LogP contribution in [0.25, 0.3) is 0 Å². The van der Waals surface area contributed by atoms with E-state index in [1.165, 1.54) is 38.5 Å². The molecule has 0 saturated carbocycles. The van der Waals surface area contributed by atoms with E-state index in [0.29, 0.717) is 19.3 Å². The topological polar surface area (TPSA) is 175 Å². The van der Waals surface area contributed by atoms with E-state index in [0.717, 1.165) is 103 Å². The number of rotatable bonds is 42. The van der Waals surface area contributed by atoms with Crippen molar-refractivity contribution in [3.8, 4) is 0 Å². The van der Waals surface area contributed by atoms with Crippen LogP contribution in [0.5, 0.6) is 0 Å². The summed E-state index contributed by atoms with van der Waals surface area (Å²) in [6, 6.07) is 0. The number of carbonyl (C=O) groups excluding carboxylic acids is 3. The van der Waals surface area contributed by atoms with Crippen LogP contribution in [0.3, 0.4) is 0 Å². The summed E-state index contributed by atoms with van der Waals surface area (Å²) in [5.41, 5.74) is 0. The molecule has 1 fully saturated rings. The van der Waals surface area contributed by atoms with Gasteiger partial charge in [0.2, 0.25) is 0 Å². The number of carboxylic acid groups (broad SMARTS) is 1. The molecule has 0 spiro atoms. The first kappa shape index (κ1) is 61.2. The van der Waals surface area contributed by atoms with Crippen LogP contribution in [0.4, 0.5) is 0 Å². The maximum atomic E-state index is 13.0. The Morgan fingerprint density at radius 3 is 1.54 bits per heavy atom. The lowest BCUT2D eigenvalue weighted by Gasteiger charge is -2.40. The normalized spacial score (nSPS) is 19.4. The van der Waals surface area contributed by atoms with Gasteiger partial charge < -0.3 is 39.0 Å². The molecule has 382 valence electrons. The molecular weight excluding hydrogens is 853 g/mol. The van der Waals surface area contributed by atoms with E-state index in [9.17, 15) is 34.5 Å². The highest BCUT2D eigenvalue weighted by molar-refractivity contribution is 5.74. The molecule has 67 heavy (non-hydrogen) atoms. The molecule has 0 amide bonds. The second kappa shape index (κ2) is 43.4. The summed E-state index contributed by atoms with van der Waals surface area (Å²) >= 11 is 0. The first-order valence-corrected chi connectivity index (χ1v) is 25.9. The number of ether oxygens (including phenoxy) is 5. The minimum absolute atomic E-state index is 0.0409. The third kappa shape index (κ3) is 34.2. The van der Waals surface area contributed by atoms with Gasteiger partial charge >= 0.3 is 23.9 Å². The zero-order chi connectivity index (χ0) is 49.0. The van der Waals surface area contributed by atoms with E-state index >= 15 is 0 Å². The average molecular weight is 943 g/mol. The van der Waals surface area contributed by atoms with E-state index in [1.54, 1.807) is 0 Å². The van der Waals surface area contributed by atoms with Gasteiger partial charge in [0.25, 0.3) is 0 Å². The average Bonchev–Trinajstić information content (AvgIpc) is 3.31. The number of aliphatic hydroxyl groups is 2. The minimum Gasteiger partial charge on any atom is -0.479 e. The van der Waals surface area contributed by atoms with Gasteiger partial charge in [-0.2, -0.15) is 0 Å². The van der Waals surface area contributed by atoms with Crippen molar-refractivity contribution in [3.63, 3.8) is 0 Å². The number of unbranched alkanes of at least 4 members (excludes halogenated alkanes) is 16. The molecule has 0 radical (unpaired) electrons. The first-order chi connectivity index (χ1) is 32.6. The van der Waals surface area contributed by atoms with Crippen molar-refractivity contribution in [1.82, 2.24) is 0 Å². The number of aliphatic hydroxyl groups excluding tert-OH is 2. The predicted molar refractivity (Wildman–Crippen MR) is 266 cm³/mol. The van der Waals surface area contributed by atoms with E-state index in [4.69, 9.17) is 23.7 Å². The fourth-order valence-corrected chi connectivity index (χ4v) is 7.24. The number of hydrogen-bond donors (Lipinski definition) is 3. The standard InChI is InChI=1S/C55H90O12/c1-4-7-10-13-16-19-22-24-27-29-32-35-38-41-47(56)63-44-46(65-48(57)42-39-36-33-30-26-21-18-15-12-9-6-3)45-64-55-53(51(60)50(59)52(67-55)54(61)62)66-49(58)43-40-37-34-31-28-25-23-20-17-14-11-8-5-2/h7,10,15-16,18-20,23-24,27,32,35,46,50-53,55,59-60H,4-6,8-9,11-14,17,21-22,25-26,28-31,33-34,36-45H2,1-3H3,(H,61,62)/b10-7-,18-15-,19-16-,23-20-,27-24-,35-32-. The number of aliphatic carboxylic acids is 1. The van der Waals surface area contributed by atoms with Gasteiger partial charge in [0.05, 0.1) is 6.61 Å². The van der Waals surface area contributed by atoms with Crippen LogP contribution < -0.4 is 0 Å². The van der Waals surface area contributed by atoms with E-state index < -0.39 is 67.3 Å². The van der Waals surface area contributed by atoms with Crippen molar-refractivity contribution < 1.29 is 58.2 Å². The summed E-state index contributed by atoms with van der Waals surface area (Å²) in [7, 11) is 0. The van der Waals surface area contributed by atoms with Crippen molar-refractivity contribution in [2.24, 2.45) is 0 Å². The molecular formula is C55H90O12. The fourth-order valence-electron chi connectivity index (χ4n) is 7.24. The largest absolute Gasteiger partial charge is 0.479 e. The molecule has 1 heterocycles. The Morgan fingerprint density at radius 2 is 0.985 bits per heavy atom. The van der Waals surface area contributed by atoms with Crippen LogP contribution in [0.2, 0.25) is 0 Å². The van der Waals surface area contributed by atoms with Gasteiger partial charge in [-0.25, -0.2) is 4.79 Å². The monoisotopic (exact) mass is 943 g/mol. The molecule has 0 aromatic heterocycles. The summed E-state index contributed by atoms with van der Waals surface area (Å²) in [6.07, 6.45) is 40.5. The zero-order valence-corrected chi connectivity index (χ0v) is 41.6. The first-order valence-electron chi connectivity index (χ1n) is 25.9. The highest BCUT2D eigenvalue weighted by atomic mass is 16.7. The summed E-state index contributed by atoms with van der Waals surface area (Å²) < 4.78 is 28.2. The number of allylic oxidation sites excluding steroid dienone is 12. The quantitative estimate of drug-likeness (QED) is 0.0229. The Bertz CT molecular complexity index is 1450. The highest BCUT2D eigenvalue weighted by Gasteiger charge is 2.50. The number of hydrogen-bond acceptors (Lipinski definition) is 11. The van der Waals surface area contributed by atoms with Crippen molar-refractivity contribution >= 4 is 23.9 Å². The molecule has 3 N–H and O–H groups in total. The van der Waals surface area contributed by atoms with Crippen LogP contribution in [0.1, 0.15) is 201 Å². The zero-order valence-electron chi connectivity index (χ0n) is 41.6. The van der Waals surface area contributed by atoms with Gasteiger partial charge in [-0.15, -0.1) is 0 Å². The van der Waals surface area contributed by atoms with Crippen molar-refractivity contribution in [3.05, 3.63) is 72.9 Å². The van der Waals surface area contributed by atoms with E-state index in [1.807, 2.05) is 12.2 Å². The molecule has 6 unspecified atom stereocenters. The molecule has 6 atom stereocenters. The molecule has 0 aromatic rings. The van der Waals surface area contributed by atoms with Gasteiger partial charge in [-0.3, -0.25) is 14.4 Å². The Kier molecular flexibility index (Phi) is 39.7. The molecule has 0 aliphatic carbocycles. The van der Waals surface area contributed by atoms with Gasteiger partial charge in [0, 0.05) is 19.3 Å².